The van der Waals surface area contributed by atoms with Crippen LogP contribution in [0.2, 0.25) is 0 Å². The minimum absolute atomic E-state index is 0.0525. The third-order valence-corrected chi connectivity index (χ3v) is 5.42. The summed E-state index contributed by atoms with van der Waals surface area (Å²) in [6, 6.07) is 1.43. The average Bonchev–Trinajstić information content (AvgIpc) is 2.50. The molecule has 6 heteroatoms. The van der Waals surface area contributed by atoms with Gasteiger partial charge in [-0.1, -0.05) is 0 Å². The van der Waals surface area contributed by atoms with Crippen molar-refractivity contribution in [3.63, 3.8) is 0 Å². The molecule has 0 atom stereocenters. The lowest BCUT2D eigenvalue weighted by Crippen LogP contribution is -2.32. The van der Waals surface area contributed by atoms with E-state index in [2.05, 4.69) is 0 Å². The van der Waals surface area contributed by atoms with E-state index >= 15 is 0 Å². The number of thiophene rings is 1. The third-order valence-electron chi connectivity index (χ3n) is 1.96. The van der Waals surface area contributed by atoms with Gasteiger partial charge in [0, 0.05) is 24.2 Å². The first-order chi connectivity index (χ1) is 6.35. The minimum atomic E-state index is -3.35. The molecule has 0 fully saturated rings. The summed E-state index contributed by atoms with van der Waals surface area (Å²) in [7, 11) is -1.78. The van der Waals surface area contributed by atoms with E-state index in [4.69, 9.17) is 5.73 Å². The molecule has 14 heavy (non-hydrogen) atoms. The van der Waals surface area contributed by atoms with Crippen LogP contribution in [-0.4, -0.2) is 25.8 Å². The van der Waals surface area contributed by atoms with Crippen LogP contribution in [0.3, 0.4) is 0 Å². The van der Waals surface area contributed by atoms with Crippen LogP contribution in [0.4, 0.5) is 5.69 Å². The van der Waals surface area contributed by atoms with Crippen molar-refractivity contribution >= 4 is 27.0 Å². The summed E-state index contributed by atoms with van der Waals surface area (Å²) in [6.45, 7) is 3.66. The Labute approximate surface area is 88.4 Å². The van der Waals surface area contributed by atoms with E-state index in [0.29, 0.717) is 9.90 Å². The van der Waals surface area contributed by atoms with Crippen LogP contribution >= 0.6 is 11.3 Å². The molecule has 1 rings (SSSR count). The monoisotopic (exact) mass is 234 g/mol. The van der Waals surface area contributed by atoms with Gasteiger partial charge in [0.2, 0.25) is 0 Å². The van der Waals surface area contributed by atoms with Crippen molar-refractivity contribution in [2.24, 2.45) is 0 Å². The molecule has 1 aromatic heterocycles. The molecule has 0 amide bonds. The summed E-state index contributed by atoms with van der Waals surface area (Å²) in [5, 5.41) is 1.63. The van der Waals surface area contributed by atoms with Gasteiger partial charge in [-0.2, -0.15) is 4.31 Å². The van der Waals surface area contributed by atoms with Crippen molar-refractivity contribution in [2.45, 2.75) is 24.1 Å². The molecule has 0 unspecified atom stereocenters. The number of sulfonamides is 1. The maximum atomic E-state index is 11.9. The average molecular weight is 234 g/mol. The van der Waals surface area contributed by atoms with Crippen LogP contribution in [-0.2, 0) is 10.0 Å². The number of rotatable bonds is 3. The second kappa shape index (κ2) is 3.88. The van der Waals surface area contributed by atoms with Gasteiger partial charge in [-0.05, 0) is 19.9 Å². The van der Waals surface area contributed by atoms with Gasteiger partial charge in [-0.3, -0.25) is 0 Å². The lowest BCUT2D eigenvalue weighted by atomic mass is 10.4. The van der Waals surface area contributed by atoms with Crippen LogP contribution < -0.4 is 5.73 Å². The van der Waals surface area contributed by atoms with Crippen molar-refractivity contribution in [3.8, 4) is 0 Å². The van der Waals surface area contributed by atoms with Crippen LogP contribution in [0.15, 0.2) is 15.7 Å². The first-order valence-electron chi connectivity index (χ1n) is 4.17. The molecule has 0 radical (unpaired) electrons. The molecular weight excluding hydrogens is 220 g/mol. The molecule has 80 valence electrons. The predicted molar refractivity (Wildman–Crippen MR) is 58.8 cm³/mol. The zero-order valence-electron chi connectivity index (χ0n) is 8.39. The fourth-order valence-electron chi connectivity index (χ4n) is 0.885. The van der Waals surface area contributed by atoms with Gasteiger partial charge < -0.3 is 5.73 Å². The van der Waals surface area contributed by atoms with Crippen molar-refractivity contribution < 1.29 is 8.42 Å². The van der Waals surface area contributed by atoms with E-state index in [-0.39, 0.29) is 6.04 Å². The number of nitrogens with zero attached hydrogens (tertiary/aromatic N) is 1. The fourth-order valence-corrected chi connectivity index (χ4v) is 3.52. The molecule has 4 nitrogen and oxygen atoms in total. The largest absolute Gasteiger partial charge is 0.398 e. The lowest BCUT2D eigenvalue weighted by Gasteiger charge is -2.19. The molecule has 0 bridgehead atoms. The molecule has 1 aromatic rings. The van der Waals surface area contributed by atoms with Crippen LogP contribution in [0.1, 0.15) is 13.8 Å². The topological polar surface area (TPSA) is 63.4 Å². The minimum Gasteiger partial charge on any atom is -0.398 e. The zero-order chi connectivity index (χ0) is 10.9. The number of nitrogens with two attached hydrogens (primary N) is 1. The fraction of sp³-hybridized carbons (Fsp3) is 0.500. The lowest BCUT2D eigenvalue weighted by molar-refractivity contribution is 0.412. The van der Waals surface area contributed by atoms with Gasteiger partial charge >= 0.3 is 0 Å². The Morgan fingerprint density at radius 3 is 2.43 bits per heavy atom. The summed E-state index contributed by atoms with van der Waals surface area (Å²) in [6.07, 6.45) is 0. The second-order valence-electron chi connectivity index (χ2n) is 3.31. The van der Waals surface area contributed by atoms with E-state index in [9.17, 15) is 8.42 Å². The third kappa shape index (κ3) is 2.08. The van der Waals surface area contributed by atoms with Gasteiger partial charge in [0.25, 0.3) is 10.0 Å². The molecule has 0 saturated carbocycles. The standard InChI is InChI=1S/C8H14N2O2S2/c1-6(2)10(3)14(11,12)8-4-7(9)5-13-8/h4-6H,9H2,1-3H3. The van der Waals surface area contributed by atoms with E-state index in [0.717, 1.165) is 11.3 Å². The Balaban J connectivity index is 3.09. The summed E-state index contributed by atoms with van der Waals surface area (Å²) >= 11 is 1.15. The molecule has 0 saturated heterocycles. The highest BCUT2D eigenvalue weighted by Gasteiger charge is 2.24. The van der Waals surface area contributed by atoms with E-state index in [1.54, 1.807) is 12.4 Å². The highest BCUT2D eigenvalue weighted by atomic mass is 32.2. The predicted octanol–water partition coefficient (Wildman–Crippen LogP) is 1.36. The molecule has 1 heterocycles. The van der Waals surface area contributed by atoms with Crippen molar-refractivity contribution in [1.29, 1.82) is 0 Å². The van der Waals surface area contributed by atoms with Crippen LogP contribution in [0, 0.1) is 0 Å². The Morgan fingerprint density at radius 2 is 2.07 bits per heavy atom. The second-order valence-corrected chi connectivity index (χ2v) is 6.45. The van der Waals surface area contributed by atoms with Gasteiger partial charge in [0.05, 0.1) is 0 Å². The highest BCUT2D eigenvalue weighted by Crippen LogP contribution is 2.25. The van der Waals surface area contributed by atoms with Gasteiger partial charge in [-0.25, -0.2) is 8.42 Å². The summed E-state index contributed by atoms with van der Waals surface area (Å²) in [5.41, 5.74) is 5.97. The van der Waals surface area contributed by atoms with Crippen molar-refractivity contribution in [3.05, 3.63) is 11.4 Å². The normalized spacial score (nSPS) is 12.6. The Bertz CT molecular complexity index is 409. The highest BCUT2D eigenvalue weighted by molar-refractivity contribution is 7.91. The number of anilines is 1. The van der Waals surface area contributed by atoms with Crippen molar-refractivity contribution in [2.75, 3.05) is 12.8 Å². The molecule has 0 aromatic carbocycles. The molecule has 0 spiro atoms. The quantitative estimate of drug-likeness (QED) is 0.859. The Morgan fingerprint density at radius 1 is 1.50 bits per heavy atom. The number of nitrogen functional groups attached to an aromatic ring is 1. The molecular formula is C8H14N2O2S2. The smallest absolute Gasteiger partial charge is 0.252 e. The van der Waals surface area contributed by atoms with E-state index in [1.807, 2.05) is 13.8 Å². The van der Waals surface area contributed by atoms with Gasteiger partial charge in [0.15, 0.2) is 0 Å². The Hall–Kier alpha value is -0.590. The van der Waals surface area contributed by atoms with Gasteiger partial charge in [-0.15, -0.1) is 11.3 Å². The zero-order valence-corrected chi connectivity index (χ0v) is 10.0. The first kappa shape index (κ1) is 11.5. The first-order valence-corrected chi connectivity index (χ1v) is 6.49. The van der Waals surface area contributed by atoms with Crippen molar-refractivity contribution in [1.82, 2.24) is 4.31 Å². The molecule has 0 aliphatic rings. The number of hydrogen-bond acceptors (Lipinski definition) is 4. The summed E-state index contributed by atoms with van der Waals surface area (Å²) in [4.78, 5) is 0. The maximum Gasteiger partial charge on any atom is 0.252 e. The summed E-state index contributed by atoms with van der Waals surface area (Å²) < 4.78 is 25.4. The maximum absolute atomic E-state index is 11.9. The SMILES string of the molecule is CC(C)N(C)S(=O)(=O)c1cc(N)cs1. The number of hydrogen-bond donors (Lipinski definition) is 1. The van der Waals surface area contributed by atoms with E-state index < -0.39 is 10.0 Å². The molecule has 0 aliphatic carbocycles. The van der Waals surface area contributed by atoms with Crippen LogP contribution in [0.25, 0.3) is 0 Å². The van der Waals surface area contributed by atoms with Gasteiger partial charge in [0.1, 0.15) is 4.21 Å². The molecule has 2 N–H and O–H groups in total. The molecule has 0 aliphatic heterocycles. The Kier molecular flexibility index (Phi) is 3.18. The van der Waals surface area contributed by atoms with E-state index in [1.165, 1.54) is 10.4 Å². The summed E-state index contributed by atoms with van der Waals surface area (Å²) in [5.74, 6) is 0. The van der Waals surface area contributed by atoms with Crippen LogP contribution in [0.5, 0.6) is 0 Å².